The van der Waals surface area contributed by atoms with Gasteiger partial charge in [-0.2, -0.15) is 0 Å². The molecule has 0 radical (unpaired) electrons. The zero-order valence-corrected chi connectivity index (χ0v) is 8.34. The first-order valence-electron chi connectivity index (χ1n) is 4.63. The van der Waals surface area contributed by atoms with Gasteiger partial charge in [0.25, 0.3) is 0 Å². The predicted octanol–water partition coefficient (Wildman–Crippen LogP) is 2.89. The van der Waals surface area contributed by atoms with Crippen LogP contribution in [0.5, 0.6) is 17.2 Å². The lowest BCUT2D eigenvalue weighted by Gasteiger charge is -2.07. The van der Waals surface area contributed by atoms with Crippen LogP contribution in [0.25, 0.3) is 0 Å². The average Bonchev–Trinajstić information content (AvgIpc) is 2.24. The molecule has 0 atom stereocenters. The lowest BCUT2D eigenvalue weighted by molar-refractivity contribution is 0.410. The van der Waals surface area contributed by atoms with E-state index in [4.69, 9.17) is 4.74 Å². The standard InChI is InChI=1S/C12H11NO2/c1-9-4-5-12(11(14)7-9)15-10-3-2-6-13-8-10/h2-8,14H,1H3. The van der Waals surface area contributed by atoms with E-state index in [0.717, 1.165) is 5.56 Å². The monoisotopic (exact) mass is 201 g/mol. The molecule has 0 aliphatic carbocycles. The van der Waals surface area contributed by atoms with E-state index in [0.29, 0.717) is 11.5 Å². The highest BCUT2D eigenvalue weighted by Gasteiger charge is 2.03. The second kappa shape index (κ2) is 4.00. The number of pyridine rings is 1. The Morgan fingerprint density at radius 1 is 1.27 bits per heavy atom. The molecular weight excluding hydrogens is 190 g/mol. The van der Waals surface area contributed by atoms with Gasteiger partial charge in [-0.05, 0) is 36.8 Å². The number of nitrogens with zero attached hydrogens (tertiary/aromatic N) is 1. The van der Waals surface area contributed by atoms with Crippen molar-refractivity contribution in [2.75, 3.05) is 0 Å². The maximum atomic E-state index is 9.61. The summed E-state index contributed by atoms with van der Waals surface area (Å²) < 4.78 is 5.45. The topological polar surface area (TPSA) is 42.4 Å². The van der Waals surface area contributed by atoms with Gasteiger partial charge >= 0.3 is 0 Å². The Morgan fingerprint density at radius 3 is 2.80 bits per heavy atom. The van der Waals surface area contributed by atoms with Crippen molar-refractivity contribution in [3.8, 4) is 17.2 Å². The van der Waals surface area contributed by atoms with Crippen LogP contribution in [-0.4, -0.2) is 10.1 Å². The highest BCUT2D eigenvalue weighted by Crippen LogP contribution is 2.30. The molecule has 3 heteroatoms. The molecule has 3 nitrogen and oxygen atoms in total. The number of aromatic nitrogens is 1. The van der Waals surface area contributed by atoms with Crippen LogP contribution in [0.4, 0.5) is 0 Å². The van der Waals surface area contributed by atoms with Crippen molar-refractivity contribution in [3.05, 3.63) is 48.3 Å². The van der Waals surface area contributed by atoms with E-state index in [-0.39, 0.29) is 5.75 Å². The smallest absolute Gasteiger partial charge is 0.169 e. The summed E-state index contributed by atoms with van der Waals surface area (Å²) in [5.41, 5.74) is 0.992. The van der Waals surface area contributed by atoms with Gasteiger partial charge in [-0.3, -0.25) is 4.98 Å². The van der Waals surface area contributed by atoms with E-state index in [1.54, 1.807) is 36.7 Å². The third-order valence-corrected chi connectivity index (χ3v) is 1.98. The van der Waals surface area contributed by atoms with E-state index in [1.165, 1.54) is 0 Å². The summed E-state index contributed by atoms with van der Waals surface area (Å²) in [4.78, 5) is 3.92. The average molecular weight is 201 g/mol. The summed E-state index contributed by atoms with van der Waals surface area (Å²) in [5.74, 6) is 1.18. The third kappa shape index (κ3) is 2.26. The fourth-order valence-electron chi connectivity index (χ4n) is 1.25. The van der Waals surface area contributed by atoms with Gasteiger partial charge in [0.2, 0.25) is 0 Å². The Balaban J connectivity index is 2.25. The van der Waals surface area contributed by atoms with Gasteiger partial charge in [0.1, 0.15) is 5.75 Å². The molecule has 1 heterocycles. The second-order valence-corrected chi connectivity index (χ2v) is 3.26. The zero-order valence-electron chi connectivity index (χ0n) is 8.34. The highest BCUT2D eigenvalue weighted by atomic mass is 16.5. The van der Waals surface area contributed by atoms with Crippen molar-refractivity contribution in [3.63, 3.8) is 0 Å². The first kappa shape index (κ1) is 9.52. The number of hydrogen-bond acceptors (Lipinski definition) is 3. The van der Waals surface area contributed by atoms with E-state index < -0.39 is 0 Å². The van der Waals surface area contributed by atoms with Crippen molar-refractivity contribution in [1.82, 2.24) is 4.98 Å². The van der Waals surface area contributed by atoms with Gasteiger partial charge in [0.15, 0.2) is 11.5 Å². The number of aromatic hydroxyl groups is 1. The van der Waals surface area contributed by atoms with Crippen LogP contribution in [0.2, 0.25) is 0 Å². The van der Waals surface area contributed by atoms with Crippen molar-refractivity contribution < 1.29 is 9.84 Å². The minimum atomic E-state index is 0.138. The van der Waals surface area contributed by atoms with Crippen molar-refractivity contribution in [1.29, 1.82) is 0 Å². The van der Waals surface area contributed by atoms with Crippen LogP contribution >= 0.6 is 0 Å². The van der Waals surface area contributed by atoms with Gasteiger partial charge in [-0.1, -0.05) is 6.07 Å². The zero-order chi connectivity index (χ0) is 10.7. The molecule has 2 rings (SSSR count). The molecule has 0 fully saturated rings. The molecule has 0 aliphatic rings. The molecule has 2 aromatic rings. The Hall–Kier alpha value is -2.03. The molecule has 0 unspecified atom stereocenters. The van der Waals surface area contributed by atoms with Gasteiger partial charge < -0.3 is 9.84 Å². The van der Waals surface area contributed by atoms with Crippen molar-refractivity contribution in [2.24, 2.45) is 0 Å². The summed E-state index contributed by atoms with van der Waals surface area (Å²) in [6.45, 7) is 1.91. The fourth-order valence-corrected chi connectivity index (χ4v) is 1.25. The van der Waals surface area contributed by atoms with Gasteiger partial charge in [-0.25, -0.2) is 0 Å². The Labute approximate surface area is 88.0 Å². The third-order valence-electron chi connectivity index (χ3n) is 1.98. The summed E-state index contributed by atoms with van der Waals surface area (Å²) >= 11 is 0. The number of hydrogen-bond donors (Lipinski definition) is 1. The molecule has 0 saturated heterocycles. The Morgan fingerprint density at radius 2 is 2.13 bits per heavy atom. The molecule has 0 aliphatic heterocycles. The fraction of sp³-hybridized carbons (Fsp3) is 0.0833. The lowest BCUT2D eigenvalue weighted by atomic mass is 10.2. The van der Waals surface area contributed by atoms with Gasteiger partial charge in [0, 0.05) is 6.20 Å². The second-order valence-electron chi connectivity index (χ2n) is 3.26. The van der Waals surface area contributed by atoms with E-state index in [1.807, 2.05) is 13.0 Å². The quantitative estimate of drug-likeness (QED) is 0.812. The van der Waals surface area contributed by atoms with Crippen LogP contribution in [0.15, 0.2) is 42.7 Å². The molecule has 1 N–H and O–H groups in total. The normalized spacial score (nSPS) is 9.93. The minimum Gasteiger partial charge on any atom is -0.504 e. The molecule has 76 valence electrons. The molecule has 0 bridgehead atoms. The number of phenols is 1. The molecule has 0 saturated carbocycles. The molecule has 1 aromatic heterocycles. The number of phenolic OH excluding ortho intramolecular Hbond substituents is 1. The minimum absolute atomic E-state index is 0.138. The van der Waals surface area contributed by atoms with Crippen LogP contribution in [-0.2, 0) is 0 Å². The number of aryl methyl sites for hydroxylation is 1. The summed E-state index contributed by atoms with van der Waals surface area (Å²) in [5, 5.41) is 9.61. The van der Waals surface area contributed by atoms with E-state index in [2.05, 4.69) is 4.98 Å². The van der Waals surface area contributed by atoms with Gasteiger partial charge in [0.05, 0.1) is 6.20 Å². The molecule has 1 aromatic carbocycles. The first-order valence-corrected chi connectivity index (χ1v) is 4.63. The summed E-state index contributed by atoms with van der Waals surface area (Å²) in [7, 11) is 0. The van der Waals surface area contributed by atoms with Gasteiger partial charge in [-0.15, -0.1) is 0 Å². The van der Waals surface area contributed by atoms with E-state index in [9.17, 15) is 5.11 Å². The van der Waals surface area contributed by atoms with Crippen molar-refractivity contribution >= 4 is 0 Å². The van der Waals surface area contributed by atoms with Crippen LogP contribution in [0.3, 0.4) is 0 Å². The van der Waals surface area contributed by atoms with Crippen LogP contribution < -0.4 is 4.74 Å². The molecule has 15 heavy (non-hydrogen) atoms. The Bertz CT molecular complexity index is 454. The SMILES string of the molecule is Cc1ccc(Oc2cccnc2)c(O)c1. The van der Waals surface area contributed by atoms with E-state index >= 15 is 0 Å². The predicted molar refractivity (Wildman–Crippen MR) is 57.2 cm³/mol. The lowest BCUT2D eigenvalue weighted by Crippen LogP contribution is -1.85. The number of benzene rings is 1. The first-order chi connectivity index (χ1) is 7.25. The Kier molecular flexibility index (Phi) is 2.54. The van der Waals surface area contributed by atoms with Crippen LogP contribution in [0.1, 0.15) is 5.56 Å². The number of rotatable bonds is 2. The highest BCUT2D eigenvalue weighted by molar-refractivity contribution is 5.43. The largest absolute Gasteiger partial charge is 0.504 e. The summed E-state index contributed by atoms with van der Waals surface area (Å²) in [6, 6.07) is 8.83. The number of ether oxygens (including phenoxy) is 1. The summed E-state index contributed by atoms with van der Waals surface area (Å²) in [6.07, 6.45) is 3.27. The molecule has 0 amide bonds. The molecule has 0 spiro atoms. The maximum Gasteiger partial charge on any atom is 0.169 e. The maximum absolute atomic E-state index is 9.61. The van der Waals surface area contributed by atoms with Crippen LogP contribution in [0, 0.1) is 6.92 Å². The molecular formula is C12H11NO2. The van der Waals surface area contributed by atoms with Crippen molar-refractivity contribution in [2.45, 2.75) is 6.92 Å².